The van der Waals surface area contributed by atoms with Gasteiger partial charge in [0.1, 0.15) is 5.56 Å². The Hall–Kier alpha value is -3.19. The molecule has 1 aliphatic rings. The maximum atomic E-state index is 13.2. The molecule has 1 aliphatic heterocycles. The molecular weight excluding hydrogens is 392 g/mol. The van der Waals surface area contributed by atoms with Crippen molar-refractivity contribution >= 4 is 5.91 Å². The summed E-state index contributed by atoms with van der Waals surface area (Å²) in [5, 5.41) is 10.9. The molecule has 0 aliphatic carbocycles. The van der Waals surface area contributed by atoms with Gasteiger partial charge in [0.25, 0.3) is 11.5 Å². The van der Waals surface area contributed by atoms with E-state index in [0.717, 1.165) is 12.0 Å². The summed E-state index contributed by atoms with van der Waals surface area (Å²) in [6, 6.07) is 11.8. The van der Waals surface area contributed by atoms with Gasteiger partial charge in [-0.15, -0.1) is 0 Å². The molecule has 3 aromatic rings. The van der Waals surface area contributed by atoms with Gasteiger partial charge in [0.15, 0.2) is 0 Å². The average Bonchev–Trinajstić information content (AvgIpc) is 3.27. The van der Waals surface area contributed by atoms with E-state index in [-0.39, 0.29) is 17.0 Å². The molecule has 7 heteroatoms. The quantitative estimate of drug-likeness (QED) is 0.663. The largest absolute Gasteiger partial charge is 0.388 e. The number of piperidine rings is 1. The fourth-order valence-corrected chi connectivity index (χ4v) is 4.16. The summed E-state index contributed by atoms with van der Waals surface area (Å²) in [6.07, 6.45) is 8.60. The van der Waals surface area contributed by atoms with E-state index in [1.165, 1.54) is 0 Å². The fourth-order valence-electron chi connectivity index (χ4n) is 4.16. The van der Waals surface area contributed by atoms with E-state index in [1.807, 2.05) is 47.2 Å². The summed E-state index contributed by atoms with van der Waals surface area (Å²) in [6.45, 7) is 3.61. The first-order valence-electron chi connectivity index (χ1n) is 10.7. The number of rotatable bonds is 6. The smallest absolute Gasteiger partial charge is 0.263 e. The van der Waals surface area contributed by atoms with Crippen LogP contribution in [0.4, 0.5) is 0 Å². The number of pyridine rings is 1. The SMILES string of the molecule is Cc1ccn(CCc2ccccc2)c(=O)c1C(=O)N1CCC(O)(Cn2ccnc2)CC1. The Kier molecular flexibility index (Phi) is 6.04. The van der Waals surface area contributed by atoms with Crippen LogP contribution < -0.4 is 5.56 Å². The zero-order valence-electron chi connectivity index (χ0n) is 17.8. The van der Waals surface area contributed by atoms with Gasteiger partial charge in [-0.1, -0.05) is 30.3 Å². The van der Waals surface area contributed by atoms with E-state index in [1.54, 1.807) is 35.1 Å². The number of carbonyl (C=O) groups is 1. The van der Waals surface area contributed by atoms with Crippen molar-refractivity contribution in [2.45, 2.75) is 44.9 Å². The van der Waals surface area contributed by atoms with Crippen molar-refractivity contribution in [3.05, 3.63) is 88.4 Å². The predicted molar refractivity (Wildman–Crippen MR) is 118 cm³/mol. The number of imidazole rings is 1. The lowest BCUT2D eigenvalue weighted by molar-refractivity contribution is -0.0292. The van der Waals surface area contributed by atoms with Gasteiger partial charge in [0, 0.05) is 38.2 Å². The molecule has 0 saturated carbocycles. The van der Waals surface area contributed by atoms with Gasteiger partial charge in [0.05, 0.1) is 18.5 Å². The Morgan fingerprint density at radius 3 is 2.55 bits per heavy atom. The zero-order chi connectivity index (χ0) is 21.8. The van der Waals surface area contributed by atoms with Gasteiger partial charge < -0.3 is 19.1 Å². The van der Waals surface area contributed by atoms with Crippen LogP contribution in [0.25, 0.3) is 0 Å². The van der Waals surface area contributed by atoms with Crippen LogP contribution in [-0.2, 0) is 19.5 Å². The van der Waals surface area contributed by atoms with Crippen molar-refractivity contribution in [2.24, 2.45) is 0 Å². The molecule has 0 unspecified atom stereocenters. The van der Waals surface area contributed by atoms with Crippen LogP contribution in [0, 0.1) is 6.92 Å². The predicted octanol–water partition coefficient (Wildman–Crippen LogP) is 2.26. The summed E-state index contributed by atoms with van der Waals surface area (Å²) in [7, 11) is 0. The number of hydrogen-bond acceptors (Lipinski definition) is 4. The zero-order valence-corrected chi connectivity index (χ0v) is 17.8. The van der Waals surface area contributed by atoms with Crippen LogP contribution in [-0.4, -0.2) is 48.7 Å². The molecule has 0 atom stereocenters. The van der Waals surface area contributed by atoms with Crippen molar-refractivity contribution in [2.75, 3.05) is 13.1 Å². The highest BCUT2D eigenvalue weighted by molar-refractivity contribution is 5.95. The molecule has 0 spiro atoms. The minimum absolute atomic E-state index is 0.232. The third kappa shape index (κ3) is 4.77. The van der Waals surface area contributed by atoms with E-state index in [0.29, 0.717) is 44.6 Å². The standard InChI is InChI=1S/C24H28N4O3/c1-19-7-12-27(13-8-20-5-3-2-4-6-20)22(29)21(19)23(30)28-14-9-24(31,10-15-28)17-26-16-11-25-18-26/h2-7,11-12,16,18,31H,8-10,13-15,17H2,1H3. The number of nitrogens with zero attached hydrogens (tertiary/aromatic N) is 4. The number of amides is 1. The highest BCUT2D eigenvalue weighted by Gasteiger charge is 2.35. The molecule has 162 valence electrons. The summed E-state index contributed by atoms with van der Waals surface area (Å²) in [5.41, 5.74) is 0.941. The van der Waals surface area contributed by atoms with Crippen molar-refractivity contribution in [3.63, 3.8) is 0 Å². The second kappa shape index (κ2) is 8.89. The second-order valence-corrected chi connectivity index (χ2v) is 8.36. The van der Waals surface area contributed by atoms with E-state index in [2.05, 4.69) is 4.98 Å². The molecule has 0 radical (unpaired) electrons. The summed E-state index contributed by atoms with van der Waals surface area (Å²) < 4.78 is 3.47. The van der Waals surface area contributed by atoms with Crippen LogP contribution in [0.5, 0.6) is 0 Å². The van der Waals surface area contributed by atoms with Crippen molar-refractivity contribution in [1.82, 2.24) is 19.0 Å². The van der Waals surface area contributed by atoms with Crippen LogP contribution in [0.15, 0.2) is 66.1 Å². The number of hydrogen-bond donors (Lipinski definition) is 1. The van der Waals surface area contributed by atoms with Crippen molar-refractivity contribution in [1.29, 1.82) is 0 Å². The first-order valence-corrected chi connectivity index (χ1v) is 10.7. The Labute approximate surface area is 181 Å². The van der Waals surface area contributed by atoms with Crippen LogP contribution in [0.3, 0.4) is 0 Å². The van der Waals surface area contributed by atoms with Gasteiger partial charge in [-0.25, -0.2) is 4.98 Å². The molecule has 2 aromatic heterocycles. The molecule has 1 saturated heterocycles. The number of likely N-dealkylation sites (tertiary alicyclic amines) is 1. The fraction of sp³-hybridized carbons (Fsp3) is 0.375. The molecule has 1 aromatic carbocycles. The second-order valence-electron chi connectivity index (χ2n) is 8.36. The number of aliphatic hydroxyl groups is 1. The van der Waals surface area contributed by atoms with Crippen LogP contribution in [0.1, 0.15) is 34.3 Å². The third-order valence-electron chi connectivity index (χ3n) is 6.09. The maximum absolute atomic E-state index is 13.2. The number of aryl methyl sites for hydroxylation is 3. The molecule has 31 heavy (non-hydrogen) atoms. The first-order chi connectivity index (χ1) is 15.0. The average molecular weight is 421 g/mol. The highest BCUT2D eigenvalue weighted by atomic mass is 16.3. The molecule has 1 fully saturated rings. The number of aromatic nitrogens is 3. The Morgan fingerprint density at radius 1 is 1.13 bits per heavy atom. The number of benzene rings is 1. The minimum atomic E-state index is -0.876. The molecule has 0 bridgehead atoms. The van der Waals surface area contributed by atoms with E-state index < -0.39 is 5.60 Å². The lowest BCUT2D eigenvalue weighted by atomic mass is 9.91. The van der Waals surface area contributed by atoms with Gasteiger partial charge in [-0.05, 0) is 43.4 Å². The summed E-state index contributed by atoms with van der Waals surface area (Å²) in [4.78, 5) is 32.0. The normalized spacial score (nSPS) is 15.7. The Balaban J connectivity index is 1.45. The maximum Gasteiger partial charge on any atom is 0.263 e. The molecular formula is C24H28N4O3. The van der Waals surface area contributed by atoms with Crippen LogP contribution in [0.2, 0.25) is 0 Å². The van der Waals surface area contributed by atoms with Crippen molar-refractivity contribution < 1.29 is 9.90 Å². The molecule has 1 amide bonds. The highest BCUT2D eigenvalue weighted by Crippen LogP contribution is 2.25. The van der Waals surface area contributed by atoms with E-state index >= 15 is 0 Å². The summed E-state index contributed by atoms with van der Waals surface area (Å²) in [5.74, 6) is -0.249. The first kappa shape index (κ1) is 21.1. The minimum Gasteiger partial charge on any atom is -0.388 e. The van der Waals surface area contributed by atoms with Crippen LogP contribution >= 0.6 is 0 Å². The summed E-state index contributed by atoms with van der Waals surface area (Å²) >= 11 is 0. The van der Waals surface area contributed by atoms with Gasteiger partial charge in [-0.3, -0.25) is 9.59 Å². The molecule has 3 heterocycles. The van der Waals surface area contributed by atoms with E-state index in [4.69, 9.17) is 0 Å². The lowest BCUT2D eigenvalue weighted by Gasteiger charge is -2.38. The lowest BCUT2D eigenvalue weighted by Crippen LogP contribution is -2.49. The molecule has 1 N–H and O–H groups in total. The third-order valence-corrected chi connectivity index (χ3v) is 6.09. The molecule has 4 rings (SSSR count). The molecule has 7 nitrogen and oxygen atoms in total. The Bertz CT molecular complexity index is 1080. The van der Waals surface area contributed by atoms with Gasteiger partial charge in [0.2, 0.25) is 0 Å². The van der Waals surface area contributed by atoms with E-state index in [9.17, 15) is 14.7 Å². The monoisotopic (exact) mass is 420 g/mol. The number of carbonyl (C=O) groups excluding carboxylic acids is 1. The van der Waals surface area contributed by atoms with Gasteiger partial charge in [-0.2, -0.15) is 0 Å². The van der Waals surface area contributed by atoms with Crippen molar-refractivity contribution in [3.8, 4) is 0 Å². The Morgan fingerprint density at radius 2 is 1.87 bits per heavy atom. The van der Waals surface area contributed by atoms with Gasteiger partial charge >= 0.3 is 0 Å². The topological polar surface area (TPSA) is 80.4 Å².